The van der Waals surface area contributed by atoms with Gasteiger partial charge in [0, 0.05) is 25.7 Å². The molecule has 0 spiro atoms. The largest absolute Gasteiger partial charge is 0.472 e. The Morgan fingerprint density at radius 3 is 0.912 bits per heavy atom. The van der Waals surface area contributed by atoms with Crippen molar-refractivity contribution in [3.8, 4) is 0 Å². The van der Waals surface area contributed by atoms with E-state index in [1.54, 1.807) is 0 Å². The molecule has 0 saturated carbocycles. The summed E-state index contributed by atoms with van der Waals surface area (Å²) in [5, 5.41) is 10.5. The van der Waals surface area contributed by atoms with Crippen molar-refractivity contribution in [2.24, 2.45) is 0 Å². The fraction of sp³-hybridized carbons (Fsp3) is 0.869. The quantitative estimate of drug-likeness (QED) is 0.0169. The SMILES string of the molecule is CCCCCC/C=C\C=C/CCCCCCCC(=O)O[C@H](COC(=O)CCCCCCCCCCCCCC)COP(=O)(O)OC[C@@H](O)COP(=O)(O)OC[C@@H](COC(=O)CCCCCCC)OC(=O)CCCCCCCCCC. The highest BCUT2D eigenvalue weighted by Gasteiger charge is 2.30. The molecule has 3 N–H and O–H groups in total. The first kappa shape index (κ1) is 77.5. The van der Waals surface area contributed by atoms with Crippen LogP contribution in [0, 0.1) is 0 Å². The Morgan fingerprint density at radius 2 is 0.600 bits per heavy atom. The summed E-state index contributed by atoms with van der Waals surface area (Å²) < 4.78 is 67.6. The second-order valence-electron chi connectivity index (χ2n) is 21.4. The van der Waals surface area contributed by atoms with E-state index < -0.39 is 97.5 Å². The second-order valence-corrected chi connectivity index (χ2v) is 24.3. The van der Waals surface area contributed by atoms with Gasteiger partial charge in [0.2, 0.25) is 0 Å². The molecule has 0 heterocycles. The number of esters is 4. The minimum atomic E-state index is -4.95. The number of phosphoric acid groups is 2. The summed E-state index contributed by atoms with van der Waals surface area (Å²) in [4.78, 5) is 71.7. The molecular weight excluding hydrogens is 1070 g/mol. The lowest BCUT2D eigenvalue weighted by Gasteiger charge is -2.21. The van der Waals surface area contributed by atoms with Crippen LogP contribution in [-0.4, -0.2) is 96.7 Å². The summed E-state index contributed by atoms with van der Waals surface area (Å²) in [6.45, 7) is 4.69. The average molecular weight is 1180 g/mol. The van der Waals surface area contributed by atoms with Crippen molar-refractivity contribution in [1.82, 2.24) is 0 Å². The highest BCUT2D eigenvalue weighted by Crippen LogP contribution is 2.45. The number of hydrogen-bond acceptors (Lipinski definition) is 15. The van der Waals surface area contributed by atoms with Crippen LogP contribution in [0.5, 0.6) is 0 Å². The molecule has 0 aromatic rings. The molecule has 0 rings (SSSR count). The number of carbonyl (C=O) groups is 4. The number of hydrogen-bond donors (Lipinski definition) is 3. The van der Waals surface area contributed by atoms with Gasteiger partial charge < -0.3 is 33.8 Å². The number of allylic oxidation sites excluding steroid dienone is 4. The van der Waals surface area contributed by atoms with Gasteiger partial charge in [-0.1, -0.05) is 232 Å². The zero-order valence-corrected chi connectivity index (χ0v) is 52.3. The lowest BCUT2D eigenvalue weighted by molar-refractivity contribution is -0.161. The molecule has 2 unspecified atom stereocenters. The number of aliphatic hydroxyl groups excluding tert-OH is 1. The molecule has 17 nitrogen and oxygen atoms in total. The average Bonchev–Trinajstić information content (AvgIpc) is 3.43. The fourth-order valence-electron chi connectivity index (χ4n) is 8.56. The van der Waals surface area contributed by atoms with Gasteiger partial charge in [0.25, 0.3) is 0 Å². The normalized spacial score (nSPS) is 14.4. The van der Waals surface area contributed by atoms with E-state index in [-0.39, 0.29) is 25.7 Å². The van der Waals surface area contributed by atoms with E-state index in [2.05, 4.69) is 52.0 Å². The molecule has 5 atom stereocenters. The Labute approximate surface area is 484 Å². The van der Waals surface area contributed by atoms with Crippen molar-refractivity contribution >= 4 is 39.5 Å². The van der Waals surface area contributed by atoms with Crippen molar-refractivity contribution in [3.05, 3.63) is 24.3 Å². The number of rotatable bonds is 60. The molecule has 0 aliphatic heterocycles. The third kappa shape index (κ3) is 54.8. The Hall–Kier alpha value is -2.46. The second kappa shape index (κ2) is 55.7. The zero-order chi connectivity index (χ0) is 59.1. The van der Waals surface area contributed by atoms with Crippen LogP contribution in [0.1, 0.15) is 285 Å². The molecule has 0 bridgehead atoms. The van der Waals surface area contributed by atoms with Crippen LogP contribution >= 0.6 is 15.6 Å². The van der Waals surface area contributed by atoms with Gasteiger partial charge in [0.05, 0.1) is 26.4 Å². The van der Waals surface area contributed by atoms with Crippen LogP contribution in [-0.2, 0) is 65.4 Å². The van der Waals surface area contributed by atoms with Crippen molar-refractivity contribution < 1.29 is 80.2 Å². The molecule has 0 aliphatic rings. The molecule has 80 heavy (non-hydrogen) atoms. The first-order valence-corrected chi connectivity index (χ1v) is 34.6. The van der Waals surface area contributed by atoms with E-state index in [4.69, 9.17) is 37.0 Å². The smallest absolute Gasteiger partial charge is 0.462 e. The van der Waals surface area contributed by atoms with Crippen molar-refractivity contribution in [1.29, 1.82) is 0 Å². The minimum absolute atomic E-state index is 0.0853. The van der Waals surface area contributed by atoms with Crippen molar-refractivity contribution in [2.45, 2.75) is 303 Å². The molecule has 470 valence electrons. The number of unbranched alkanes of at least 4 members (excludes halogenated alkanes) is 31. The van der Waals surface area contributed by atoms with Crippen molar-refractivity contribution in [3.63, 3.8) is 0 Å². The Bertz CT molecular complexity index is 1640. The van der Waals surface area contributed by atoms with E-state index in [0.29, 0.717) is 25.7 Å². The highest BCUT2D eigenvalue weighted by molar-refractivity contribution is 7.47. The molecule has 0 aliphatic carbocycles. The number of aliphatic hydroxyl groups is 1. The fourth-order valence-corrected chi connectivity index (χ4v) is 10.1. The number of phosphoric ester groups is 2. The summed E-state index contributed by atoms with van der Waals surface area (Å²) in [6.07, 6.45) is 42.9. The van der Waals surface area contributed by atoms with Gasteiger partial charge in [-0.05, 0) is 51.4 Å². The molecule has 19 heteroatoms. The highest BCUT2D eigenvalue weighted by atomic mass is 31.2. The molecule has 0 aromatic heterocycles. The van der Waals surface area contributed by atoms with Gasteiger partial charge in [-0.2, -0.15) is 0 Å². The lowest BCUT2D eigenvalue weighted by Crippen LogP contribution is -2.30. The van der Waals surface area contributed by atoms with E-state index in [9.17, 15) is 43.2 Å². The summed E-state index contributed by atoms with van der Waals surface area (Å²) in [7, 11) is -9.88. The maximum atomic E-state index is 12.9. The van der Waals surface area contributed by atoms with E-state index >= 15 is 0 Å². The molecular formula is C61H114O17P2. The molecule has 0 amide bonds. The zero-order valence-electron chi connectivity index (χ0n) is 50.5. The van der Waals surface area contributed by atoms with Crippen LogP contribution in [0.15, 0.2) is 24.3 Å². The molecule has 0 radical (unpaired) electrons. The van der Waals surface area contributed by atoms with Crippen LogP contribution < -0.4 is 0 Å². The third-order valence-electron chi connectivity index (χ3n) is 13.5. The van der Waals surface area contributed by atoms with Gasteiger partial charge in [0.15, 0.2) is 12.2 Å². The molecule has 0 aromatic carbocycles. The number of carbonyl (C=O) groups excluding carboxylic acids is 4. The van der Waals surface area contributed by atoms with Gasteiger partial charge in [-0.3, -0.25) is 37.3 Å². The Balaban J connectivity index is 5.21. The van der Waals surface area contributed by atoms with Crippen LogP contribution in [0.3, 0.4) is 0 Å². The summed E-state index contributed by atoms with van der Waals surface area (Å²) in [5.41, 5.74) is 0. The molecule has 0 saturated heterocycles. The predicted molar refractivity (Wildman–Crippen MR) is 317 cm³/mol. The Kier molecular flexibility index (Phi) is 54.0. The predicted octanol–water partition coefficient (Wildman–Crippen LogP) is 16.3. The van der Waals surface area contributed by atoms with Gasteiger partial charge in [0.1, 0.15) is 19.3 Å². The third-order valence-corrected chi connectivity index (χ3v) is 15.4. The van der Waals surface area contributed by atoms with Crippen LogP contribution in [0.4, 0.5) is 0 Å². The maximum Gasteiger partial charge on any atom is 0.472 e. The number of ether oxygens (including phenoxy) is 4. The summed E-state index contributed by atoms with van der Waals surface area (Å²) in [5.74, 6) is -2.18. The Morgan fingerprint density at radius 1 is 0.350 bits per heavy atom. The van der Waals surface area contributed by atoms with E-state index in [0.717, 1.165) is 116 Å². The van der Waals surface area contributed by atoms with Gasteiger partial charge >= 0.3 is 39.5 Å². The summed E-state index contributed by atoms with van der Waals surface area (Å²) in [6, 6.07) is 0. The molecule has 0 fully saturated rings. The minimum Gasteiger partial charge on any atom is -0.462 e. The first-order valence-electron chi connectivity index (χ1n) is 31.6. The van der Waals surface area contributed by atoms with Gasteiger partial charge in [-0.25, -0.2) is 9.13 Å². The van der Waals surface area contributed by atoms with E-state index in [1.807, 2.05) is 0 Å². The lowest BCUT2D eigenvalue weighted by atomic mass is 10.0. The first-order chi connectivity index (χ1) is 38.7. The monoisotopic (exact) mass is 1180 g/mol. The van der Waals surface area contributed by atoms with Crippen LogP contribution in [0.2, 0.25) is 0 Å². The van der Waals surface area contributed by atoms with Crippen molar-refractivity contribution in [2.75, 3.05) is 39.6 Å². The van der Waals surface area contributed by atoms with Crippen LogP contribution in [0.25, 0.3) is 0 Å². The maximum absolute atomic E-state index is 12.9. The van der Waals surface area contributed by atoms with Gasteiger partial charge in [-0.15, -0.1) is 0 Å². The standard InChI is InChI=1S/C61H114O17P2/c1-5-9-13-17-20-23-25-27-28-29-31-33-36-40-44-48-61(66)78-57(52-72-59(64)46-42-38-35-32-30-26-24-21-18-14-10-6-2)54-76-80(69,70)74-50-55(62)49-73-79(67,68)75-53-56(51-71-58(63)45-41-37-16-12-8-4)77-60(65)47-43-39-34-22-19-15-11-7-3/h23,25,27-28,55-57,62H,5-22,24,26,29-54H2,1-4H3,(H,67,68)(H,69,70)/b25-23-,28-27-/t55-,56+,57+/m0/s1. The topological polar surface area (TPSA) is 237 Å². The van der Waals surface area contributed by atoms with E-state index in [1.165, 1.54) is 89.9 Å². The summed E-state index contributed by atoms with van der Waals surface area (Å²) >= 11 is 0.